The number of amides is 3. The Bertz CT molecular complexity index is 1140. The van der Waals surface area contributed by atoms with E-state index in [9.17, 15) is 29.1 Å². The molecule has 0 bridgehead atoms. The summed E-state index contributed by atoms with van der Waals surface area (Å²) in [4.78, 5) is 62.2. The van der Waals surface area contributed by atoms with Gasteiger partial charge in [-0.1, -0.05) is 74.5 Å². The first-order valence-corrected chi connectivity index (χ1v) is 13.1. The molecular formula is C29H38N4O7. The topological polar surface area (TPSA) is 188 Å². The number of carboxylic acid groups (broad SMARTS) is 2. The SMILES string of the molecule is CC(C)CC(NC(=O)C(N)Cc1ccccc1)C(=O)NC(CCC(=O)O)C(=O)NC(Cc1ccccc1)C(=O)O. The Kier molecular flexibility index (Phi) is 12.8. The Labute approximate surface area is 233 Å². The summed E-state index contributed by atoms with van der Waals surface area (Å²) < 4.78 is 0. The molecule has 0 spiro atoms. The van der Waals surface area contributed by atoms with Crippen LogP contribution in [0.15, 0.2) is 60.7 Å². The van der Waals surface area contributed by atoms with Crippen LogP contribution >= 0.6 is 0 Å². The summed E-state index contributed by atoms with van der Waals surface area (Å²) in [7, 11) is 0. The molecule has 4 unspecified atom stereocenters. The zero-order valence-electron chi connectivity index (χ0n) is 22.7. The molecule has 0 saturated carbocycles. The van der Waals surface area contributed by atoms with Crippen LogP contribution in [0.3, 0.4) is 0 Å². The Hall–Kier alpha value is -4.25. The van der Waals surface area contributed by atoms with Crippen LogP contribution in [0.2, 0.25) is 0 Å². The Morgan fingerprint density at radius 3 is 1.68 bits per heavy atom. The molecule has 0 saturated heterocycles. The Morgan fingerprint density at radius 2 is 1.18 bits per heavy atom. The molecule has 0 fully saturated rings. The highest BCUT2D eigenvalue weighted by Gasteiger charge is 2.31. The number of carbonyl (C=O) groups is 5. The lowest BCUT2D eigenvalue weighted by atomic mass is 10.0. The molecule has 2 aromatic carbocycles. The minimum Gasteiger partial charge on any atom is -0.481 e. The molecule has 40 heavy (non-hydrogen) atoms. The van der Waals surface area contributed by atoms with Crippen LogP contribution in [-0.4, -0.2) is 64.0 Å². The quantitative estimate of drug-likeness (QED) is 0.179. The summed E-state index contributed by atoms with van der Waals surface area (Å²) in [6.07, 6.45) is -0.246. The van der Waals surface area contributed by atoms with Gasteiger partial charge in [0.2, 0.25) is 17.7 Å². The van der Waals surface area contributed by atoms with Gasteiger partial charge in [-0.05, 0) is 36.3 Å². The Balaban J connectivity index is 2.14. The number of hydrogen-bond acceptors (Lipinski definition) is 6. The predicted molar refractivity (Wildman–Crippen MR) is 148 cm³/mol. The second-order valence-corrected chi connectivity index (χ2v) is 10.1. The van der Waals surface area contributed by atoms with Crippen LogP contribution in [0.5, 0.6) is 0 Å². The van der Waals surface area contributed by atoms with Crippen molar-refractivity contribution < 1.29 is 34.2 Å². The van der Waals surface area contributed by atoms with Gasteiger partial charge < -0.3 is 31.9 Å². The third-order valence-corrected chi connectivity index (χ3v) is 6.15. The number of nitrogens with one attached hydrogen (secondary N) is 3. The van der Waals surface area contributed by atoms with Crippen molar-refractivity contribution in [3.63, 3.8) is 0 Å². The average molecular weight is 555 g/mol. The van der Waals surface area contributed by atoms with Gasteiger partial charge in [0.25, 0.3) is 0 Å². The highest BCUT2D eigenvalue weighted by molar-refractivity contribution is 5.94. The van der Waals surface area contributed by atoms with Crippen LogP contribution in [0.25, 0.3) is 0 Å². The van der Waals surface area contributed by atoms with Crippen molar-refractivity contribution >= 4 is 29.7 Å². The predicted octanol–water partition coefficient (Wildman–Crippen LogP) is 1.25. The number of nitrogens with two attached hydrogens (primary N) is 1. The van der Waals surface area contributed by atoms with Crippen molar-refractivity contribution in [1.82, 2.24) is 16.0 Å². The summed E-state index contributed by atoms with van der Waals surface area (Å²) in [6, 6.07) is 13.2. The van der Waals surface area contributed by atoms with Crippen LogP contribution in [0.4, 0.5) is 0 Å². The third kappa shape index (κ3) is 11.2. The van der Waals surface area contributed by atoms with Crippen LogP contribution in [-0.2, 0) is 36.8 Å². The van der Waals surface area contributed by atoms with E-state index in [1.54, 1.807) is 30.3 Å². The molecule has 0 aliphatic rings. The van der Waals surface area contributed by atoms with Gasteiger partial charge in [-0.3, -0.25) is 19.2 Å². The first-order chi connectivity index (χ1) is 19.0. The second-order valence-electron chi connectivity index (χ2n) is 10.1. The van der Waals surface area contributed by atoms with E-state index in [4.69, 9.17) is 10.8 Å². The van der Waals surface area contributed by atoms with E-state index in [2.05, 4.69) is 16.0 Å². The number of carboxylic acids is 2. The van der Waals surface area contributed by atoms with Crippen molar-refractivity contribution in [2.45, 2.75) is 70.1 Å². The first kappa shape index (κ1) is 32.0. The largest absolute Gasteiger partial charge is 0.481 e. The van der Waals surface area contributed by atoms with Crippen molar-refractivity contribution in [3.05, 3.63) is 71.8 Å². The fourth-order valence-corrected chi connectivity index (χ4v) is 4.07. The summed E-state index contributed by atoms with van der Waals surface area (Å²) in [5.74, 6) is -4.58. The molecule has 0 radical (unpaired) electrons. The zero-order chi connectivity index (χ0) is 29.7. The van der Waals surface area contributed by atoms with E-state index in [1.807, 2.05) is 44.2 Å². The normalized spacial score (nSPS) is 13.9. The summed E-state index contributed by atoms with van der Waals surface area (Å²) in [6.45, 7) is 3.71. The fourth-order valence-electron chi connectivity index (χ4n) is 4.07. The van der Waals surface area contributed by atoms with Crippen LogP contribution < -0.4 is 21.7 Å². The lowest BCUT2D eigenvalue weighted by Crippen LogP contribution is -2.57. The maximum atomic E-state index is 13.3. The van der Waals surface area contributed by atoms with Crippen molar-refractivity contribution in [3.8, 4) is 0 Å². The third-order valence-electron chi connectivity index (χ3n) is 6.15. The Morgan fingerprint density at radius 1 is 0.700 bits per heavy atom. The van der Waals surface area contributed by atoms with Gasteiger partial charge >= 0.3 is 11.9 Å². The maximum absolute atomic E-state index is 13.3. The number of hydrogen-bond donors (Lipinski definition) is 6. The van der Waals surface area contributed by atoms with Crippen LogP contribution in [0, 0.1) is 5.92 Å². The van der Waals surface area contributed by atoms with E-state index in [0.29, 0.717) is 5.56 Å². The molecule has 11 nitrogen and oxygen atoms in total. The lowest BCUT2D eigenvalue weighted by molar-refractivity contribution is -0.143. The molecule has 3 amide bonds. The molecular weight excluding hydrogens is 516 g/mol. The van der Waals surface area contributed by atoms with Gasteiger partial charge in [0.05, 0.1) is 6.04 Å². The van der Waals surface area contributed by atoms with Gasteiger partial charge in [-0.2, -0.15) is 0 Å². The molecule has 0 heterocycles. The average Bonchev–Trinajstić information content (AvgIpc) is 2.90. The summed E-state index contributed by atoms with van der Waals surface area (Å²) in [5, 5.41) is 26.4. The summed E-state index contributed by atoms with van der Waals surface area (Å²) in [5.41, 5.74) is 7.60. The summed E-state index contributed by atoms with van der Waals surface area (Å²) >= 11 is 0. The highest BCUT2D eigenvalue weighted by Crippen LogP contribution is 2.10. The van der Waals surface area contributed by atoms with Crippen molar-refractivity contribution in [2.24, 2.45) is 11.7 Å². The maximum Gasteiger partial charge on any atom is 0.326 e. The standard InChI is InChI=1S/C29H38N4O7/c1-18(2)15-23(32-26(36)21(30)16-19-9-5-3-6-10-19)28(38)31-22(13-14-25(34)35)27(37)33-24(29(39)40)17-20-11-7-4-8-12-20/h3-12,18,21-24H,13-17,30H2,1-2H3,(H,31,38)(H,32,36)(H,33,37)(H,34,35)(H,39,40). The minimum absolute atomic E-state index is 0.00710. The smallest absolute Gasteiger partial charge is 0.326 e. The molecule has 0 aliphatic carbocycles. The highest BCUT2D eigenvalue weighted by atomic mass is 16.4. The van der Waals surface area contributed by atoms with Gasteiger partial charge in [-0.25, -0.2) is 4.79 Å². The van der Waals surface area contributed by atoms with Crippen molar-refractivity contribution in [2.75, 3.05) is 0 Å². The molecule has 0 aromatic heterocycles. The van der Waals surface area contributed by atoms with Crippen LogP contribution in [0.1, 0.15) is 44.2 Å². The fraction of sp³-hybridized carbons (Fsp3) is 0.414. The number of aliphatic carboxylic acids is 2. The zero-order valence-corrected chi connectivity index (χ0v) is 22.7. The number of carbonyl (C=O) groups excluding carboxylic acids is 3. The number of rotatable bonds is 16. The van der Waals surface area contributed by atoms with Gasteiger partial charge in [0.15, 0.2) is 0 Å². The van der Waals surface area contributed by atoms with Crippen molar-refractivity contribution in [1.29, 1.82) is 0 Å². The molecule has 11 heteroatoms. The van der Waals surface area contributed by atoms with Gasteiger partial charge in [0, 0.05) is 12.8 Å². The lowest BCUT2D eigenvalue weighted by Gasteiger charge is -2.26. The number of benzene rings is 2. The molecule has 2 aromatic rings. The molecule has 7 N–H and O–H groups in total. The molecule has 0 aliphatic heterocycles. The molecule has 4 atom stereocenters. The van der Waals surface area contributed by atoms with Gasteiger partial charge in [-0.15, -0.1) is 0 Å². The minimum atomic E-state index is -1.34. The van der Waals surface area contributed by atoms with Gasteiger partial charge in [0.1, 0.15) is 18.1 Å². The van der Waals surface area contributed by atoms with E-state index in [0.717, 1.165) is 5.56 Å². The second kappa shape index (κ2) is 16.0. The van der Waals surface area contributed by atoms with E-state index in [-0.39, 0.29) is 31.6 Å². The van der Waals surface area contributed by atoms with E-state index in [1.165, 1.54) is 0 Å². The van der Waals surface area contributed by atoms with E-state index < -0.39 is 60.2 Å². The molecule has 216 valence electrons. The van der Waals surface area contributed by atoms with E-state index >= 15 is 0 Å². The first-order valence-electron chi connectivity index (χ1n) is 13.1. The molecule has 2 rings (SSSR count). The monoisotopic (exact) mass is 554 g/mol.